The zero-order valence-electron chi connectivity index (χ0n) is 13.0. The van der Waals surface area contributed by atoms with Crippen molar-refractivity contribution in [1.82, 2.24) is 9.29 Å². The molecule has 3 rings (SSSR count). The average Bonchev–Trinajstić information content (AvgIpc) is 2.55. The van der Waals surface area contributed by atoms with Gasteiger partial charge in [-0.05, 0) is 57.7 Å². The van der Waals surface area contributed by atoms with Crippen molar-refractivity contribution in [1.29, 1.82) is 0 Å². The van der Waals surface area contributed by atoms with Crippen LogP contribution >= 0.6 is 15.9 Å². The number of rotatable bonds is 4. The maximum absolute atomic E-state index is 12.9. The molecule has 2 aromatic rings. The number of anilines is 1. The van der Waals surface area contributed by atoms with Crippen molar-refractivity contribution in [2.75, 3.05) is 12.4 Å². The molecule has 0 radical (unpaired) electrons. The Morgan fingerprint density at radius 3 is 2.67 bits per heavy atom. The summed E-state index contributed by atoms with van der Waals surface area (Å²) < 4.78 is 27.6. The minimum absolute atomic E-state index is 0.0988. The molecule has 0 atom stereocenters. The Balaban J connectivity index is 1.94. The molecule has 6 nitrogen and oxygen atoms in total. The standard InChI is InChI=1S/C16H16BrN3O3S/c1-20(10-11-4-6-18-7-5-11)24(22,23)15-9-14-12(8-13(15)17)2-3-16(21)19-14/h4-9H,2-3,10H2,1H3,(H,19,21). The highest BCUT2D eigenvalue weighted by Crippen LogP contribution is 2.33. The van der Waals surface area contributed by atoms with Gasteiger partial charge in [-0.15, -0.1) is 0 Å². The normalized spacial score (nSPS) is 14.4. The molecule has 0 spiro atoms. The molecule has 126 valence electrons. The van der Waals surface area contributed by atoms with Gasteiger partial charge in [0, 0.05) is 42.6 Å². The van der Waals surface area contributed by atoms with Crippen LogP contribution in [0.2, 0.25) is 0 Å². The fourth-order valence-corrected chi connectivity index (χ4v) is 4.81. The van der Waals surface area contributed by atoms with Crippen LogP contribution < -0.4 is 5.32 Å². The summed E-state index contributed by atoms with van der Waals surface area (Å²) >= 11 is 3.35. The number of nitrogens with zero attached hydrogens (tertiary/aromatic N) is 2. The molecule has 1 aromatic heterocycles. The van der Waals surface area contributed by atoms with Crippen molar-refractivity contribution < 1.29 is 13.2 Å². The lowest BCUT2D eigenvalue weighted by molar-refractivity contribution is -0.116. The van der Waals surface area contributed by atoms with Crippen molar-refractivity contribution in [2.24, 2.45) is 0 Å². The number of halogens is 1. The number of sulfonamides is 1. The number of aryl methyl sites for hydroxylation is 1. The van der Waals surface area contributed by atoms with Crippen LogP contribution in [0.3, 0.4) is 0 Å². The lowest BCUT2D eigenvalue weighted by Crippen LogP contribution is -2.27. The summed E-state index contributed by atoms with van der Waals surface area (Å²) in [4.78, 5) is 15.6. The highest BCUT2D eigenvalue weighted by Gasteiger charge is 2.26. The van der Waals surface area contributed by atoms with Crippen LogP contribution in [-0.4, -0.2) is 30.7 Å². The van der Waals surface area contributed by atoms with E-state index in [2.05, 4.69) is 26.2 Å². The summed E-state index contributed by atoms with van der Waals surface area (Å²) in [5.41, 5.74) is 2.33. The Morgan fingerprint density at radius 1 is 1.25 bits per heavy atom. The molecule has 0 saturated heterocycles. The monoisotopic (exact) mass is 409 g/mol. The highest BCUT2D eigenvalue weighted by atomic mass is 79.9. The van der Waals surface area contributed by atoms with E-state index >= 15 is 0 Å². The second kappa shape index (κ2) is 6.62. The molecule has 1 aliphatic heterocycles. The summed E-state index contributed by atoms with van der Waals surface area (Å²) in [6.07, 6.45) is 4.26. The number of pyridine rings is 1. The number of hydrogen-bond acceptors (Lipinski definition) is 4. The summed E-state index contributed by atoms with van der Waals surface area (Å²) in [5, 5.41) is 2.74. The second-order valence-corrected chi connectivity index (χ2v) is 8.47. The van der Waals surface area contributed by atoms with Crippen LogP contribution in [0.25, 0.3) is 0 Å². The average molecular weight is 410 g/mol. The van der Waals surface area contributed by atoms with Gasteiger partial charge in [0.25, 0.3) is 0 Å². The van der Waals surface area contributed by atoms with Crippen molar-refractivity contribution in [2.45, 2.75) is 24.3 Å². The Bertz CT molecular complexity index is 885. The van der Waals surface area contributed by atoms with E-state index in [4.69, 9.17) is 0 Å². The third-order valence-corrected chi connectivity index (χ3v) is 6.66. The first-order valence-electron chi connectivity index (χ1n) is 7.35. The number of carbonyl (C=O) groups is 1. The molecule has 8 heteroatoms. The van der Waals surface area contributed by atoms with Gasteiger partial charge in [-0.2, -0.15) is 4.31 Å². The fraction of sp³-hybridized carbons (Fsp3) is 0.250. The SMILES string of the molecule is CN(Cc1ccncc1)S(=O)(=O)c1cc2c(cc1Br)CCC(=O)N2. The van der Waals surface area contributed by atoms with Gasteiger partial charge >= 0.3 is 0 Å². The Hall–Kier alpha value is -1.77. The Morgan fingerprint density at radius 2 is 1.96 bits per heavy atom. The number of fused-ring (bicyclic) bond motifs is 1. The van der Waals surface area contributed by atoms with E-state index in [9.17, 15) is 13.2 Å². The first-order valence-corrected chi connectivity index (χ1v) is 9.59. The van der Waals surface area contributed by atoms with Crippen LogP contribution in [-0.2, 0) is 27.8 Å². The molecular formula is C16H16BrN3O3S. The molecule has 0 aliphatic carbocycles. The van der Waals surface area contributed by atoms with Gasteiger partial charge in [-0.25, -0.2) is 8.42 Å². The van der Waals surface area contributed by atoms with Crippen molar-refractivity contribution >= 4 is 37.5 Å². The number of hydrogen-bond donors (Lipinski definition) is 1. The predicted octanol–water partition coefficient (Wildman–Crippen LogP) is 2.55. The van der Waals surface area contributed by atoms with Gasteiger partial charge in [0.05, 0.1) is 4.90 Å². The summed E-state index contributed by atoms with van der Waals surface area (Å²) in [5.74, 6) is -0.0988. The third-order valence-electron chi connectivity index (χ3n) is 3.90. The molecule has 0 fully saturated rings. The maximum atomic E-state index is 12.9. The van der Waals surface area contributed by atoms with Crippen molar-refractivity contribution in [3.63, 3.8) is 0 Å². The van der Waals surface area contributed by atoms with Gasteiger partial charge in [-0.3, -0.25) is 9.78 Å². The van der Waals surface area contributed by atoms with E-state index < -0.39 is 10.0 Å². The van der Waals surface area contributed by atoms with Gasteiger partial charge in [0.15, 0.2) is 0 Å². The summed E-state index contributed by atoms with van der Waals surface area (Å²) in [6, 6.07) is 6.83. The van der Waals surface area contributed by atoms with Gasteiger partial charge in [-0.1, -0.05) is 0 Å². The number of amides is 1. The Kier molecular flexibility index (Phi) is 4.71. The zero-order chi connectivity index (χ0) is 17.3. The molecule has 1 amide bonds. The van der Waals surface area contributed by atoms with E-state index in [1.54, 1.807) is 30.6 Å². The quantitative estimate of drug-likeness (QED) is 0.841. The third kappa shape index (κ3) is 3.35. The fourth-order valence-electron chi connectivity index (χ4n) is 2.57. The minimum atomic E-state index is -3.70. The van der Waals surface area contributed by atoms with E-state index in [0.717, 1.165) is 11.1 Å². The van der Waals surface area contributed by atoms with Crippen LogP contribution in [0, 0.1) is 0 Å². The first-order chi connectivity index (χ1) is 11.4. The number of carbonyl (C=O) groups excluding carboxylic acids is 1. The lowest BCUT2D eigenvalue weighted by Gasteiger charge is -2.22. The van der Waals surface area contributed by atoms with Gasteiger partial charge in [0.2, 0.25) is 15.9 Å². The molecule has 24 heavy (non-hydrogen) atoms. The van der Waals surface area contributed by atoms with Crippen molar-refractivity contribution in [3.05, 3.63) is 52.3 Å². The van der Waals surface area contributed by atoms with Gasteiger partial charge in [0.1, 0.15) is 0 Å². The van der Waals surface area contributed by atoms with E-state index in [1.165, 1.54) is 17.4 Å². The topological polar surface area (TPSA) is 79.4 Å². The van der Waals surface area contributed by atoms with E-state index in [-0.39, 0.29) is 17.3 Å². The molecular weight excluding hydrogens is 394 g/mol. The second-order valence-electron chi connectivity index (χ2n) is 5.60. The van der Waals surface area contributed by atoms with Crippen LogP contribution in [0.5, 0.6) is 0 Å². The highest BCUT2D eigenvalue weighted by molar-refractivity contribution is 9.10. The molecule has 0 saturated carbocycles. The molecule has 1 aliphatic rings. The zero-order valence-corrected chi connectivity index (χ0v) is 15.4. The predicted molar refractivity (Wildman–Crippen MR) is 94.0 cm³/mol. The van der Waals surface area contributed by atoms with Gasteiger partial charge < -0.3 is 5.32 Å². The lowest BCUT2D eigenvalue weighted by atomic mass is 10.0. The molecule has 0 bridgehead atoms. The maximum Gasteiger partial charge on any atom is 0.244 e. The van der Waals surface area contributed by atoms with Crippen LogP contribution in [0.1, 0.15) is 17.5 Å². The number of aromatic nitrogens is 1. The van der Waals surface area contributed by atoms with Crippen LogP contribution in [0.4, 0.5) is 5.69 Å². The summed E-state index contributed by atoms with van der Waals surface area (Å²) in [6.45, 7) is 0.237. The first kappa shape index (κ1) is 17.1. The van der Waals surface area contributed by atoms with E-state index in [0.29, 0.717) is 23.0 Å². The van der Waals surface area contributed by atoms with Crippen molar-refractivity contribution in [3.8, 4) is 0 Å². The Labute approximate surface area is 149 Å². The van der Waals surface area contributed by atoms with Crippen LogP contribution in [0.15, 0.2) is 46.0 Å². The molecule has 1 aromatic carbocycles. The molecule has 1 N–H and O–H groups in total. The molecule has 2 heterocycles. The number of benzene rings is 1. The minimum Gasteiger partial charge on any atom is -0.326 e. The number of nitrogens with one attached hydrogen (secondary N) is 1. The summed E-state index contributed by atoms with van der Waals surface area (Å²) in [7, 11) is -2.18. The smallest absolute Gasteiger partial charge is 0.244 e. The largest absolute Gasteiger partial charge is 0.326 e. The van der Waals surface area contributed by atoms with E-state index in [1.807, 2.05) is 0 Å². The molecule has 0 unspecified atom stereocenters.